The van der Waals surface area contributed by atoms with E-state index in [0.29, 0.717) is 26.2 Å². The number of carbonyl (C=O) groups is 2. The van der Waals surface area contributed by atoms with Crippen molar-refractivity contribution >= 4 is 11.8 Å². The molecule has 1 fully saturated rings. The van der Waals surface area contributed by atoms with Gasteiger partial charge in [-0.25, -0.2) is 0 Å². The van der Waals surface area contributed by atoms with Crippen LogP contribution in [0.25, 0.3) is 0 Å². The van der Waals surface area contributed by atoms with Crippen molar-refractivity contribution in [3.05, 3.63) is 35.4 Å². The third kappa shape index (κ3) is 4.79. The Hall–Kier alpha value is -1.88. The Labute approximate surface area is 138 Å². The third-order valence-corrected chi connectivity index (χ3v) is 4.04. The smallest absolute Gasteiger partial charge is 0.251 e. The van der Waals surface area contributed by atoms with Crippen molar-refractivity contribution < 1.29 is 14.3 Å². The molecule has 0 bridgehead atoms. The first-order valence-corrected chi connectivity index (χ1v) is 8.25. The number of benzene rings is 1. The number of ether oxygens (including phenoxy) is 1. The predicted octanol–water partition coefficient (Wildman–Crippen LogP) is 1.98. The molecule has 0 N–H and O–H groups in total. The highest BCUT2D eigenvalue weighted by Crippen LogP contribution is 2.12. The SMILES string of the molecule is CCCO[C@@H](C)C(=O)N1CCN(Cc2ccc(C)cc2)C(=O)C1. The minimum absolute atomic E-state index is 0.00661. The highest BCUT2D eigenvalue weighted by Gasteiger charge is 2.29. The fourth-order valence-electron chi connectivity index (χ4n) is 2.60. The Morgan fingerprint density at radius 1 is 1.26 bits per heavy atom. The summed E-state index contributed by atoms with van der Waals surface area (Å²) in [6.45, 7) is 8.24. The Morgan fingerprint density at radius 2 is 1.96 bits per heavy atom. The second kappa shape index (κ2) is 8.11. The molecule has 126 valence electrons. The van der Waals surface area contributed by atoms with Gasteiger partial charge in [0.25, 0.3) is 5.91 Å². The van der Waals surface area contributed by atoms with Crippen molar-refractivity contribution in [1.29, 1.82) is 0 Å². The van der Waals surface area contributed by atoms with E-state index >= 15 is 0 Å². The molecule has 1 aliphatic rings. The molecule has 1 aromatic rings. The predicted molar refractivity (Wildman–Crippen MR) is 88.9 cm³/mol. The van der Waals surface area contributed by atoms with Gasteiger partial charge in [0.05, 0.1) is 6.54 Å². The molecule has 0 aromatic heterocycles. The summed E-state index contributed by atoms with van der Waals surface area (Å²) in [4.78, 5) is 28.0. The molecular formula is C18H26N2O3. The molecule has 0 spiro atoms. The van der Waals surface area contributed by atoms with E-state index in [1.54, 1.807) is 11.8 Å². The van der Waals surface area contributed by atoms with E-state index in [0.717, 1.165) is 12.0 Å². The van der Waals surface area contributed by atoms with Crippen molar-refractivity contribution in [3.63, 3.8) is 0 Å². The van der Waals surface area contributed by atoms with Gasteiger partial charge in [-0.2, -0.15) is 0 Å². The van der Waals surface area contributed by atoms with Gasteiger partial charge in [0.15, 0.2) is 0 Å². The number of carbonyl (C=O) groups excluding carboxylic acids is 2. The number of nitrogens with zero attached hydrogens (tertiary/aromatic N) is 2. The lowest BCUT2D eigenvalue weighted by atomic mass is 10.1. The molecule has 23 heavy (non-hydrogen) atoms. The fraction of sp³-hybridized carbons (Fsp3) is 0.556. The fourth-order valence-corrected chi connectivity index (χ4v) is 2.60. The van der Waals surface area contributed by atoms with Crippen LogP contribution in [0.3, 0.4) is 0 Å². The van der Waals surface area contributed by atoms with Gasteiger partial charge in [0.2, 0.25) is 5.91 Å². The van der Waals surface area contributed by atoms with Crippen LogP contribution in [-0.4, -0.2) is 54.0 Å². The van der Waals surface area contributed by atoms with Crippen LogP contribution in [-0.2, 0) is 20.9 Å². The van der Waals surface area contributed by atoms with Gasteiger partial charge in [-0.3, -0.25) is 9.59 Å². The van der Waals surface area contributed by atoms with Gasteiger partial charge in [0.1, 0.15) is 6.10 Å². The zero-order valence-electron chi connectivity index (χ0n) is 14.2. The first-order valence-electron chi connectivity index (χ1n) is 8.25. The van der Waals surface area contributed by atoms with Gasteiger partial charge in [-0.15, -0.1) is 0 Å². The van der Waals surface area contributed by atoms with E-state index in [-0.39, 0.29) is 18.4 Å². The quantitative estimate of drug-likeness (QED) is 0.806. The van der Waals surface area contributed by atoms with Crippen LogP contribution in [0.4, 0.5) is 0 Å². The molecule has 0 saturated carbocycles. The molecule has 1 heterocycles. The molecule has 1 saturated heterocycles. The molecule has 1 aromatic carbocycles. The number of piperazine rings is 1. The topological polar surface area (TPSA) is 49.9 Å². The largest absolute Gasteiger partial charge is 0.369 e. The first kappa shape index (κ1) is 17.5. The first-order chi connectivity index (χ1) is 11.0. The molecule has 1 aliphatic heterocycles. The Bertz CT molecular complexity index is 542. The van der Waals surface area contributed by atoms with E-state index in [2.05, 4.69) is 0 Å². The van der Waals surface area contributed by atoms with Crippen LogP contribution in [0.1, 0.15) is 31.4 Å². The second-order valence-electron chi connectivity index (χ2n) is 6.07. The minimum atomic E-state index is -0.480. The third-order valence-electron chi connectivity index (χ3n) is 4.04. The number of hydrogen-bond acceptors (Lipinski definition) is 3. The van der Waals surface area contributed by atoms with Gasteiger partial charge in [-0.1, -0.05) is 36.8 Å². The van der Waals surface area contributed by atoms with Gasteiger partial charge in [0, 0.05) is 26.2 Å². The average Bonchev–Trinajstić information content (AvgIpc) is 2.55. The maximum absolute atomic E-state index is 12.3. The number of amides is 2. The summed E-state index contributed by atoms with van der Waals surface area (Å²) in [6.07, 6.45) is 0.396. The van der Waals surface area contributed by atoms with E-state index in [4.69, 9.17) is 4.74 Å². The highest BCUT2D eigenvalue weighted by atomic mass is 16.5. The van der Waals surface area contributed by atoms with E-state index < -0.39 is 6.10 Å². The Balaban J connectivity index is 1.88. The lowest BCUT2D eigenvalue weighted by molar-refractivity contribution is -0.152. The van der Waals surface area contributed by atoms with Crippen LogP contribution >= 0.6 is 0 Å². The van der Waals surface area contributed by atoms with Crippen LogP contribution in [0.15, 0.2) is 24.3 Å². The molecule has 5 nitrogen and oxygen atoms in total. The molecule has 0 aliphatic carbocycles. The van der Waals surface area contributed by atoms with Gasteiger partial charge >= 0.3 is 0 Å². The molecule has 0 unspecified atom stereocenters. The van der Waals surface area contributed by atoms with Crippen molar-refractivity contribution in [3.8, 4) is 0 Å². The van der Waals surface area contributed by atoms with Gasteiger partial charge in [-0.05, 0) is 25.8 Å². The summed E-state index contributed by atoms with van der Waals surface area (Å²) in [5.74, 6) is -0.102. The lowest BCUT2D eigenvalue weighted by Gasteiger charge is -2.35. The van der Waals surface area contributed by atoms with Crippen LogP contribution in [0.5, 0.6) is 0 Å². The van der Waals surface area contributed by atoms with Crippen LogP contribution < -0.4 is 0 Å². The van der Waals surface area contributed by atoms with Crippen molar-refractivity contribution in [2.24, 2.45) is 0 Å². The van der Waals surface area contributed by atoms with Crippen molar-refractivity contribution in [1.82, 2.24) is 9.80 Å². The van der Waals surface area contributed by atoms with Crippen LogP contribution in [0, 0.1) is 6.92 Å². The highest BCUT2D eigenvalue weighted by molar-refractivity contribution is 5.87. The van der Waals surface area contributed by atoms with E-state index in [9.17, 15) is 9.59 Å². The lowest BCUT2D eigenvalue weighted by Crippen LogP contribution is -2.54. The molecule has 5 heteroatoms. The molecule has 0 radical (unpaired) electrons. The summed E-state index contributed by atoms with van der Waals surface area (Å²) < 4.78 is 5.46. The van der Waals surface area contributed by atoms with Crippen LogP contribution in [0.2, 0.25) is 0 Å². The summed E-state index contributed by atoms with van der Waals surface area (Å²) in [5, 5.41) is 0. The van der Waals surface area contributed by atoms with Crippen molar-refractivity contribution in [2.75, 3.05) is 26.2 Å². The average molecular weight is 318 g/mol. The normalized spacial score (nSPS) is 16.6. The zero-order chi connectivity index (χ0) is 16.8. The molecule has 2 amide bonds. The molecule has 1 atom stereocenters. The summed E-state index contributed by atoms with van der Waals surface area (Å²) in [7, 11) is 0. The summed E-state index contributed by atoms with van der Waals surface area (Å²) in [5.41, 5.74) is 2.32. The van der Waals surface area contributed by atoms with E-state index in [1.807, 2.05) is 43.0 Å². The summed E-state index contributed by atoms with van der Waals surface area (Å²) in [6, 6.07) is 8.18. The maximum Gasteiger partial charge on any atom is 0.251 e. The Kier molecular flexibility index (Phi) is 6.16. The van der Waals surface area contributed by atoms with E-state index in [1.165, 1.54) is 5.56 Å². The standard InChI is InChI=1S/C18H26N2O3/c1-4-11-23-15(3)18(22)20-10-9-19(17(21)13-20)12-16-7-5-14(2)6-8-16/h5-8,15H,4,9-13H2,1-3H3/t15-/m0/s1. The number of aryl methyl sites for hydroxylation is 1. The maximum atomic E-state index is 12.3. The number of rotatable bonds is 6. The Morgan fingerprint density at radius 3 is 2.57 bits per heavy atom. The van der Waals surface area contributed by atoms with Gasteiger partial charge < -0.3 is 14.5 Å². The number of hydrogen-bond donors (Lipinski definition) is 0. The molecule has 2 rings (SSSR count). The monoisotopic (exact) mass is 318 g/mol. The summed E-state index contributed by atoms with van der Waals surface area (Å²) >= 11 is 0. The molecular weight excluding hydrogens is 292 g/mol. The van der Waals surface area contributed by atoms with Crippen molar-refractivity contribution in [2.45, 2.75) is 39.8 Å². The second-order valence-corrected chi connectivity index (χ2v) is 6.07. The minimum Gasteiger partial charge on any atom is -0.369 e. The zero-order valence-corrected chi connectivity index (χ0v) is 14.2.